The zero-order chi connectivity index (χ0) is 20.8. The standard InChI is InChI=1S/C23H25FO4S/c24-18-14-20(26)17(8-3-1-2-4-10-23(27)28)16(18)11-12-19(25)22-13-15-7-5-6-9-21(15)29-22/h1,3,5-7,9,11-13,16-19,25H,2,4,8,10,14H2,(H,27,28)/b3-1-,12-11+/t16-,17-,18+,19-/m1/s1. The molecule has 154 valence electrons. The fraction of sp³-hybridized carbons (Fsp3) is 0.391. The number of aliphatic carboxylic acids is 1. The van der Waals surface area contributed by atoms with Gasteiger partial charge in [-0.3, -0.25) is 9.59 Å². The van der Waals surface area contributed by atoms with Crippen LogP contribution < -0.4 is 0 Å². The molecule has 6 heteroatoms. The number of carboxylic acid groups (broad SMARTS) is 1. The Bertz CT molecular complexity index is 883. The third kappa shape index (κ3) is 5.61. The van der Waals surface area contributed by atoms with Crippen LogP contribution in [0.3, 0.4) is 0 Å². The van der Waals surface area contributed by atoms with Crippen LogP contribution in [0.1, 0.15) is 43.1 Å². The summed E-state index contributed by atoms with van der Waals surface area (Å²) in [5, 5.41) is 20.2. The minimum absolute atomic E-state index is 0.0918. The Morgan fingerprint density at radius 1 is 1.31 bits per heavy atom. The molecule has 3 rings (SSSR count). The summed E-state index contributed by atoms with van der Waals surface area (Å²) in [5.41, 5.74) is 0. The number of carbonyl (C=O) groups is 2. The van der Waals surface area contributed by atoms with Crippen molar-refractivity contribution in [1.29, 1.82) is 0 Å². The monoisotopic (exact) mass is 416 g/mol. The molecule has 1 aromatic heterocycles. The quantitative estimate of drug-likeness (QED) is 0.433. The minimum atomic E-state index is -1.24. The average molecular weight is 417 g/mol. The zero-order valence-corrected chi connectivity index (χ0v) is 16.9. The number of Topliss-reactive ketones (excluding diaryl/α,β-unsaturated/α-hetero) is 1. The summed E-state index contributed by atoms with van der Waals surface area (Å²) in [7, 11) is 0. The summed E-state index contributed by atoms with van der Waals surface area (Å²) in [5.74, 6) is -1.91. The van der Waals surface area contributed by atoms with Gasteiger partial charge in [-0.05, 0) is 36.8 Å². The van der Waals surface area contributed by atoms with E-state index in [1.807, 2.05) is 42.5 Å². The van der Waals surface area contributed by atoms with E-state index in [9.17, 15) is 19.1 Å². The number of carboxylic acids is 1. The largest absolute Gasteiger partial charge is 0.481 e. The maximum absolute atomic E-state index is 14.4. The first-order valence-corrected chi connectivity index (χ1v) is 10.7. The van der Waals surface area contributed by atoms with Gasteiger partial charge in [0.2, 0.25) is 0 Å². The van der Waals surface area contributed by atoms with Crippen LogP contribution >= 0.6 is 11.3 Å². The van der Waals surface area contributed by atoms with E-state index in [0.717, 1.165) is 15.0 Å². The van der Waals surface area contributed by atoms with E-state index in [4.69, 9.17) is 5.11 Å². The molecule has 1 heterocycles. The Kier molecular flexibility index (Phi) is 7.34. The molecule has 0 unspecified atom stereocenters. The lowest BCUT2D eigenvalue weighted by Gasteiger charge is -2.15. The Balaban J connectivity index is 1.61. The highest BCUT2D eigenvalue weighted by atomic mass is 32.1. The second-order valence-electron chi connectivity index (χ2n) is 7.38. The van der Waals surface area contributed by atoms with E-state index >= 15 is 0 Å². The van der Waals surface area contributed by atoms with Crippen molar-refractivity contribution in [2.24, 2.45) is 11.8 Å². The maximum atomic E-state index is 14.4. The lowest BCUT2D eigenvalue weighted by atomic mass is 9.90. The van der Waals surface area contributed by atoms with Crippen LogP contribution in [-0.4, -0.2) is 28.1 Å². The van der Waals surface area contributed by atoms with Crippen molar-refractivity contribution in [3.63, 3.8) is 0 Å². The normalized spacial score (nSPS) is 23.5. The van der Waals surface area contributed by atoms with Gasteiger partial charge in [0.05, 0.1) is 0 Å². The first kappa shape index (κ1) is 21.4. The number of unbranched alkanes of at least 4 members (excludes halogenated alkanes) is 1. The molecule has 1 aliphatic carbocycles. The number of aliphatic hydroxyl groups excluding tert-OH is 1. The molecule has 0 aliphatic heterocycles. The number of halogens is 1. The van der Waals surface area contributed by atoms with Crippen LogP contribution in [0.15, 0.2) is 54.6 Å². The van der Waals surface area contributed by atoms with Gasteiger partial charge in [0.25, 0.3) is 0 Å². The number of carbonyl (C=O) groups excluding carboxylic acids is 1. The van der Waals surface area contributed by atoms with Gasteiger partial charge in [0, 0.05) is 34.3 Å². The Morgan fingerprint density at radius 3 is 2.86 bits per heavy atom. The molecule has 1 aromatic carbocycles. The van der Waals surface area contributed by atoms with E-state index in [-0.39, 0.29) is 18.6 Å². The van der Waals surface area contributed by atoms with E-state index in [2.05, 4.69) is 0 Å². The molecule has 4 nitrogen and oxygen atoms in total. The first-order chi connectivity index (χ1) is 14.0. The number of thiophene rings is 1. The topological polar surface area (TPSA) is 74.6 Å². The number of allylic oxidation sites excluding steroid dienone is 3. The molecule has 0 bridgehead atoms. The molecule has 0 radical (unpaired) electrons. The van der Waals surface area contributed by atoms with Crippen molar-refractivity contribution in [2.45, 2.75) is 44.4 Å². The number of rotatable bonds is 9. The van der Waals surface area contributed by atoms with Crippen LogP contribution in [0.2, 0.25) is 0 Å². The van der Waals surface area contributed by atoms with E-state index in [1.54, 1.807) is 12.2 Å². The maximum Gasteiger partial charge on any atom is 0.303 e. The van der Waals surface area contributed by atoms with Gasteiger partial charge in [-0.25, -0.2) is 4.39 Å². The van der Waals surface area contributed by atoms with Gasteiger partial charge in [0.15, 0.2) is 0 Å². The van der Waals surface area contributed by atoms with Gasteiger partial charge in [-0.2, -0.15) is 0 Å². The SMILES string of the molecule is O=C(O)CCC/C=C\C[C@H]1C(=O)C[C@H](F)[C@@H]1/C=C/[C@@H](O)c1cc2ccccc2s1. The second-order valence-corrected chi connectivity index (χ2v) is 8.50. The molecule has 0 amide bonds. The summed E-state index contributed by atoms with van der Waals surface area (Å²) < 4.78 is 15.5. The molecule has 2 aromatic rings. The predicted molar refractivity (Wildman–Crippen MR) is 113 cm³/mol. The summed E-state index contributed by atoms with van der Waals surface area (Å²) in [6, 6.07) is 9.80. The average Bonchev–Trinajstić information content (AvgIpc) is 3.23. The van der Waals surface area contributed by atoms with E-state index in [0.29, 0.717) is 19.3 Å². The third-order valence-corrected chi connectivity index (χ3v) is 6.45. The van der Waals surface area contributed by atoms with Crippen LogP contribution in [-0.2, 0) is 9.59 Å². The molecule has 29 heavy (non-hydrogen) atoms. The molecule has 1 saturated carbocycles. The Hall–Kier alpha value is -2.31. The highest BCUT2D eigenvalue weighted by Gasteiger charge is 2.40. The summed E-state index contributed by atoms with van der Waals surface area (Å²) in [6.45, 7) is 0. The molecule has 0 saturated heterocycles. The van der Waals surface area contributed by atoms with Crippen molar-refractivity contribution >= 4 is 33.2 Å². The summed E-state index contributed by atoms with van der Waals surface area (Å²) in [4.78, 5) is 23.5. The predicted octanol–water partition coefficient (Wildman–Crippen LogP) is 5.24. The molecule has 0 spiro atoms. The summed E-state index contributed by atoms with van der Waals surface area (Å²) in [6.07, 6.45) is 6.48. The molecule has 2 N–H and O–H groups in total. The fourth-order valence-corrected chi connectivity index (χ4v) is 4.73. The molecule has 1 aliphatic rings. The minimum Gasteiger partial charge on any atom is -0.481 e. The van der Waals surface area contributed by atoms with Crippen LogP contribution in [0.4, 0.5) is 4.39 Å². The highest BCUT2D eigenvalue weighted by Crippen LogP contribution is 2.37. The van der Waals surface area contributed by atoms with Gasteiger partial charge in [0.1, 0.15) is 18.1 Å². The molecular formula is C23H25FO4S. The van der Waals surface area contributed by atoms with Crippen molar-refractivity contribution in [3.05, 3.63) is 59.5 Å². The van der Waals surface area contributed by atoms with Crippen LogP contribution in [0.25, 0.3) is 10.1 Å². The second kappa shape index (κ2) is 9.94. The fourth-order valence-electron chi connectivity index (χ4n) is 3.70. The van der Waals surface area contributed by atoms with Gasteiger partial charge < -0.3 is 10.2 Å². The molecular weight excluding hydrogens is 391 g/mol. The number of aliphatic hydroxyl groups is 1. The van der Waals surface area contributed by atoms with Crippen molar-refractivity contribution < 1.29 is 24.2 Å². The van der Waals surface area contributed by atoms with Gasteiger partial charge in [-0.15, -0.1) is 11.3 Å². The lowest BCUT2D eigenvalue weighted by molar-refractivity contribution is -0.137. The lowest BCUT2D eigenvalue weighted by Crippen LogP contribution is -2.16. The van der Waals surface area contributed by atoms with Crippen LogP contribution in [0.5, 0.6) is 0 Å². The van der Waals surface area contributed by atoms with Gasteiger partial charge in [-0.1, -0.05) is 42.5 Å². The van der Waals surface area contributed by atoms with Crippen LogP contribution in [0, 0.1) is 11.8 Å². The van der Waals surface area contributed by atoms with E-state index < -0.39 is 30.1 Å². The summed E-state index contributed by atoms with van der Waals surface area (Å²) >= 11 is 1.50. The van der Waals surface area contributed by atoms with Crippen molar-refractivity contribution in [2.75, 3.05) is 0 Å². The number of hydrogen-bond acceptors (Lipinski definition) is 4. The molecule has 4 atom stereocenters. The third-order valence-electron chi connectivity index (χ3n) is 5.26. The van der Waals surface area contributed by atoms with Crippen molar-refractivity contribution in [1.82, 2.24) is 0 Å². The Morgan fingerprint density at radius 2 is 2.10 bits per heavy atom. The Labute approximate surface area is 173 Å². The highest BCUT2D eigenvalue weighted by molar-refractivity contribution is 7.19. The number of hydrogen-bond donors (Lipinski definition) is 2. The zero-order valence-electron chi connectivity index (χ0n) is 16.0. The number of benzene rings is 1. The molecule has 1 fully saturated rings. The van der Waals surface area contributed by atoms with Crippen molar-refractivity contribution in [3.8, 4) is 0 Å². The number of alkyl halides is 1. The first-order valence-electron chi connectivity index (χ1n) is 9.84. The number of fused-ring (bicyclic) bond motifs is 1. The van der Waals surface area contributed by atoms with E-state index in [1.165, 1.54) is 11.3 Å². The van der Waals surface area contributed by atoms with Gasteiger partial charge >= 0.3 is 5.97 Å². The smallest absolute Gasteiger partial charge is 0.303 e. The number of ketones is 1.